The summed E-state index contributed by atoms with van der Waals surface area (Å²) in [6, 6.07) is 0. The molecule has 0 spiro atoms. The zero-order valence-corrected chi connectivity index (χ0v) is 8.42. The Kier molecular flexibility index (Phi) is 2.40. The van der Waals surface area contributed by atoms with Crippen LogP contribution in [-0.2, 0) is 0 Å². The van der Waals surface area contributed by atoms with Gasteiger partial charge in [0, 0.05) is 0 Å². The lowest BCUT2D eigenvalue weighted by Gasteiger charge is -2.28. The lowest BCUT2D eigenvalue weighted by molar-refractivity contribution is 0.206. The van der Waals surface area contributed by atoms with E-state index in [0.717, 1.165) is 17.8 Å². The summed E-state index contributed by atoms with van der Waals surface area (Å²) in [5, 5.41) is 0. The summed E-state index contributed by atoms with van der Waals surface area (Å²) in [4.78, 5) is 2.47. The minimum Gasteiger partial charge on any atom is -0.306 e. The Morgan fingerprint density at radius 2 is 1.83 bits per heavy atom. The molecule has 70 valence electrons. The maximum absolute atomic E-state index is 2.47. The van der Waals surface area contributed by atoms with Crippen LogP contribution in [0.15, 0.2) is 0 Å². The number of hydrogen-bond donors (Lipinski definition) is 0. The highest BCUT2D eigenvalue weighted by Crippen LogP contribution is 2.44. The molecule has 0 bridgehead atoms. The molecule has 1 heteroatoms. The molecule has 0 aromatic carbocycles. The molecule has 0 aromatic heterocycles. The highest BCUT2D eigenvalue weighted by atomic mass is 15.1. The van der Waals surface area contributed by atoms with E-state index in [1.807, 2.05) is 0 Å². The number of likely N-dealkylation sites (tertiary alicyclic amines) is 1. The summed E-state index contributed by atoms with van der Waals surface area (Å²) in [5.41, 5.74) is 0. The van der Waals surface area contributed by atoms with E-state index in [9.17, 15) is 0 Å². The Morgan fingerprint density at radius 1 is 1.25 bits per heavy atom. The minimum absolute atomic E-state index is 1.06. The van der Waals surface area contributed by atoms with E-state index in [0.29, 0.717) is 0 Å². The van der Waals surface area contributed by atoms with E-state index in [2.05, 4.69) is 18.9 Å². The average molecular weight is 167 g/mol. The second-order valence-corrected chi connectivity index (χ2v) is 4.96. The SMILES string of the molecule is CC1CC1CC1CCN(C)CC1. The fourth-order valence-corrected chi connectivity index (χ4v) is 2.45. The van der Waals surface area contributed by atoms with Gasteiger partial charge >= 0.3 is 0 Å². The molecule has 2 unspecified atom stereocenters. The van der Waals surface area contributed by atoms with E-state index in [4.69, 9.17) is 0 Å². The van der Waals surface area contributed by atoms with Gasteiger partial charge in [-0.3, -0.25) is 0 Å². The Balaban J connectivity index is 1.68. The van der Waals surface area contributed by atoms with Gasteiger partial charge in [-0.15, -0.1) is 0 Å². The predicted octanol–water partition coefficient (Wildman–Crippen LogP) is 2.37. The van der Waals surface area contributed by atoms with Gasteiger partial charge in [0.25, 0.3) is 0 Å². The minimum atomic E-state index is 1.06. The fourth-order valence-electron chi connectivity index (χ4n) is 2.45. The quantitative estimate of drug-likeness (QED) is 0.610. The number of nitrogens with zero attached hydrogens (tertiary/aromatic N) is 1. The van der Waals surface area contributed by atoms with Gasteiger partial charge in [0.2, 0.25) is 0 Å². The van der Waals surface area contributed by atoms with Gasteiger partial charge in [-0.2, -0.15) is 0 Å². The first-order valence-electron chi connectivity index (χ1n) is 5.44. The van der Waals surface area contributed by atoms with Crippen LogP contribution >= 0.6 is 0 Å². The second-order valence-electron chi connectivity index (χ2n) is 4.96. The van der Waals surface area contributed by atoms with Crippen LogP contribution < -0.4 is 0 Å². The van der Waals surface area contributed by atoms with Crippen molar-refractivity contribution in [3.05, 3.63) is 0 Å². The summed E-state index contributed by atoms with van der Waals surface area (Å²) >= 11 is 0. The van der Waals surface area contributed by atoms with Gasteiger partial charge in [0.05, 0.1) is 0 Å². The Morgan fingerprint density at radius 3 is 2.33 bits per heavy atom. The molecule has 2 fully saturated rings. The van der Waals surface area contributed by atoms with Gasteiger partial charge in [-0.1, -0.05) is 6.92 Å². The van der Waals surface area contributed by atoms with Crippen molar-refractivity contribution >= 4 is 0 Å². The van der Waals surface area contributed by atoms with E-state index in [1.165, 1.54) is 38.8 Å². The third kappa shape index (κ3) is 2.01. The van der Waals surface area contributed by atoms with Crippen molar-refractivity contribution < 1.29 is 0 Å². The second kappa shape index (κ2) is 3.37. The molecular formula is C11H21N. The van der Waals surface area contributed by atoms with E-state index in [1.54, 1.807) is 0 Å². The first-order chi connectivity index (χ1) is 5.75. The lowest BCUT2D eigenvalue weighted by atomic mass is 9.91. The van der Waals surface area contributed by atoms with E-state index < -0.39 is 0 Å². The Hall–Kier alpha value is -0.0400. The topological polar surface area (TPSA) is 3.24 Å². The van der Waals surface area contributed by atoms with E-state index in [-0.39, 0.29) is 0 Å². The number of hydrogen-bond acceptors (Lipinski definition) is 1. The van der Waals surface area contributed by atoms with Gasteiger partial charge in [-0.25, -0.2) is 0 Å². The van der Waals surface area contributed by atoms with Crippen molar-refractivity contribution in [3.8, 4) is 0 Å². The molecule has 0 amide bonds. The van der Waals surface area contributed by atoms with Crippen LogP contribution in [0.4, 0.5) is 0 Å². The molecule has 12 heavy (non-hydrogen) atoms. The van der Waals surface area contributed by atoms with Gasteiger partial charge in [0.1, 0.15) is 0 Å². The number of piperidine rings is 1. The van der Waals surface area contributed by atoms with Crippen LogP contribution in [0, 0.1) is 17.8 Å². The van der Waals surface area contributed by atoms with Gasteiger partial charge in [-0.05, 0) is 63.6 Å². The van der Waals surface area contributed by atoms with Crippen LogP contribution in [0.25, 0.3) is 0 Å². The molecule has 1 saturated carbocycles. The molecule has 0 N–H and O–H groups in total. The van der Waals surface area contributed by atoms with Crippen LogP contribution in [0.3, 0.4) is 0 Å². The van der Waals surface area contributed by atoms with Crippen molar-refractivity contribution in [2.24, 2.45) is 17.8 Å². The van der Waals surface area contributed by atoms with E-state index >= 15 is 0 Å². The summed E-state index contributed by atoms with van der Waals surface area (Å²) < 4.78 is 0. The molecule has 1 aliphatic carbocycles. The average Bonchev–Trinajstić information content (AvgIpc) is 2.72. The predicted molar refractivity (Wildman–Crippen MR) is 52.1 cm³/mol. The third-order valence-electron chi connectivity index (χ3n) is 3.75. The molecule has 1 aliphatic heterocycles. The highest BCUT2D eigenvalue weighted by molar-refractivity contribution is 4.85. The fraction of sp³-hybridized carbons (Fsp3) is 1.00. The molecule has 1 heterocycles. The van der Waals surface area contributed by atoms with Crippen LogP contribution in [0.1, 0.15) is 32.6 Å². The van der Waals surface area contributed by atoms with Crippen molar-refractivity contribution in [2.75, 3.05) is 20.1 Å². The third-order valence-corrected chi connectivity index (χ3v) is 3.75. The normalized spacial score (nSPS) is 38.5. The molecule has 2 aliphatic rings. The zero-order chi connectivity index (χ0) is 8.55. The first-order valence-corrected chi connectivity index (χ1v) is 5.44. The lowest BCUT2D eigenvalue weighted by Crippen LogP contribution is -2.30. The van der Waals surface area contributed by atoms with Crippen molar-refractivity contribution in [3.63, 3.8) is 0 Å². The summed E-state index contributed by atoms with van der Waals surface area (Å²) in [6.45, 7) is 5.08. The zero-order valence-electron chi connectivity index (χ0n) is 8.42. The van der Waals surface area contributed by atoms with Crippen molar-refractivity contribution in [2.45, 2.75) is 32.6 Å². The maximum Gasteiger partial charge on any atom is -0.00191 e. The van der Waals surface area contributed by atoms with Gasteiger partial charge in [0.15, 0.2) is 0 Å². The summed E-state index contributed by atoms with van der Waals surface area (Å²) in [6.07, 6.45) is 5.97. The van der Waals surface area contributed by atoms with Crippen molar-refractivity contribution in [1.29, 1.82) is 0 Å². The molecular weight excluding hydrogens is 146 g/mol. The highest BCUT2D eigenvalue weighted by Gasteiger charge is 2.34. The van der Waals surface area contributed by atoms with Crippen LogP contribution in [-0.4, -0.2) is 25.0 Å². The molecule has 2 atom stereocenters. The maximum atomic E-state index is 2.47. The number of rotatable bonds is 2. The largest absolute Gasteiger partial charge is 0.306 e. The monoisotopic (exact) mass is 167 g/mol. The molecule has 0 radical (unpaired) electrons. The smallest absolute Gasteiger partial charge is 0.00191 e. The Bertz CT molecular complexity index is 147. The summed E-state index contributed by atoms with van der Waals surface area (Å²) in [5.74, 6) is 3.24. The standard InChI is InChI=1S/C11H21N/c1-9-7-11(9)8-10-3-5-12(2)6-4-10/h9-11H,3-8H2,1-2H3. The first kappa shape index (κ1) is 8.55. The Labute approximate surface area is 76.1 Å². The molecule has 2 rings (SSSR count). The van der Waals surface area contributed by atoms with Crippen LogP contribution in [0.5, 0.6) is 0 Å². The van der Waals surface area contributed by atoms with Crippen molar-refractivity contribution in [1.82, 2.24) is 4.90 Å². The molecule has 0 aromatic rings. The molecule has 1 nitrogen and oxygen atoms in total. The van der Waals surface area contributed by atoms with Gasteiger partial charge < -0.3 is 4.90 Å². The summed E-state index contributed by atoms with van der Waals surface area (Å²) in [7, 11) is 2.25. The molecule has 1 saturated heterocycles. The van der Waals surface area contributed by atoms with Crippen LogP contribution in [0.2, 0.25) is 0 Å².